The molecule has 0 amide bonds. The third kappa shape index (κ3) is 2.45. The maximum Gasteiger partial charge on any atom is 0.0512 e. The minimum absolute atomic E-state index is 0.166. The molecule has 1 aromatic heterocycles. The van der Waals surface area contributed by atoms with E-state index in [1.807, 2.05) is 6.20 Å². The van der Waals surface area contributed by atoms with E-state index >= 15 is 0 Å². The summed E-state index contributed by atoms with van der Waals surface area (Å²) in [6, 6.07) is 2.64. The molecule has 1 saturated heterocycles. The van der Waals surface area contributed by atoms with Crippen LogP contribution >= 0.6 is 0 Å². The Hall–Kier alpha value is -0.840. The highest BCUT2D eigenvalue weighted by molar-refractivity contribution is 5.16. The third-order valence-corrected chi connectivity index (χ3v) is 3.39. The topological polar surface area (TPSA) is 48.3 Å². The maximum atomic E-state index is 6.12. The smallest absolute Gasteiger partial charge is 0.0512 e. The van der Waals surface area contributed by atoms with Crippen LogP contribution in [0.25, 0.3) is 0 Å². The highest BCUT2D eigenvalue weighted by Gasteiger charge is 2.26. The van der Waals surface area contributed by atoms with Gasteiger partial charge in [-0.15, -0.1) is 0 Å². The van der Waals surface area contributed by atoms with Gasteiger partial charge in [-0.3, -0.25) is 4.90 Å². The molecule has 1 fully saturated rings. The van der Waals surface area contributed by atoms with Gasteiger partial charge in [0.15, 0.2) is 0 Å². The summed E-state index contributed by atoms with van der Waals surface area (Å²) in [6.45, 7) is 6.57. The number of nitrogens with zero attached hydrogens (tertiary/aromatic N) is 2. The van der Waals surface area contributed by atoms with Gasteiger partial charge in [-0.2, -0.15) is 0 Å². The lowest BCUT2D eigenvalue weighted by Crippen LogP contribution is -2.49. The lowest BCUT2D eigenvalue weighted by Gasteiger charge is -2.39. The predicted molar refractivity (Wildman–Crippen MR) is 66.3 cm³/mol. The second-order valence-corrected chi connectivity index (χ2v) is 4.79. The summed E-state index contributed by atoms with van der Waals surface area (Å²) in [5, 5.41) is 0. The Morgan fingerprint density at radius 1 is 1.31 bits per heavy atom. The van der Waals surface area contributed by atoms with E-state index in [2.05, 4.69) is 41.0 Å². The van der Waals surface area contributed by atoms with Gasteiger partial charge < -0.3 is 15.6 Å². The van der Waals surface area contributed by atoms with E-state index in [0.29, 0.717) is 6.04 Å². The van der Waals surface area contributed by atoms with Crippen LogP contribution in [-0.4, -0.2) is 54.1 Å². The summed E-state index contributed by atoms with van der Waals surface area (Å²) in [5.74, 6) is 0. The Labute approximate surface area is 97.4 Å². The zero-order chi connectivity index (χ0) is 11.5. The van der Waals surface area contributed by atoms with Crippen LogP contribution in [0.2, 0.25) is 0 Å². The van der Waals surface area contributed by atoms with Gasteiger partial charge in [0.1, 0.15) is 0 Å². The van der Waals surface area contributed by atoms with Gasteiger partial charge in [-0.05, 0) is 25.6 Å². The largest absolute Gasteiger partial charge is 0.367 e. The van der Waals surface area contributed by atoms with Gasteiger partial charge in [-0.25, -0.2) is 0 Å². The first-order valence-electron chi connectivity index (χ1n) is 5.99. The van der Waals surface area contributed by atoms with Crippen molar-refractivity contribution in [3.05, 3.63) is 24.0 Å². The summed E-state index contributed by atoms with van der Waals surface area (Å²) in [4.78, 5) is 7.98. The van der Waals surface area contributed by atoms with Crippen molar-refractivity contribution in [3.63, 3.8) is 0 Å². The molecule has 0 spiro atoms. The number of piperazine rings is 1. The van der Waals surface area contributed by atoms with Gasteiger partial charge >= 0.3 is 0 Å². The van der Waals surface area contributed by atoms with Gasteiger partial charge in [0.05, 0.1) is 6.04 Å². The Kier molecular flexibility index (Phi) is 3.63. The first-order chi connectivity index (χ1) is 7.68. The average Bonchev–Trinajstić information content (AvgIpc) is 2.74. The minimum atomic E-state index is 0.166. The highest BCUT2D eigenvalue weighted by atomic mass is 15.3. The first kappa shape index (κ1) is 11.6. The number of aromatic nitrogens is 1. The van der Waals surface area contributed by atoms with Crippen molar-refractivity contribution < 1.29 is 0 Å². The van der Waals surface area contributed by atoms with E-state index in [-0.39, 0.29) is 6.04 Å². The second-order valence-electron chi connectivity index (χ2n) is 4.79. The molecule has 2 rings (SSSR count). The van der Waals surface area contributed by atoms with Crippen LogP contribution in [0, 0.1) is 0 Å². The van der Waals surface area contributed by atoms with Crippen LogP contribution in [0.4, 0.5) is 0 Å². The average molecular weight is 222 g/mol. The molecule has 1 aliphatic rings. The van der Waals surface area contributed by atoms with Crippen molar-refractivity contribution in [3.8, 4) is 0 Å². The Morgan fingerprint density at radius 2 is 2.00 bits per heavy atom. The van der Waals surface area contributed by atoms with Gasteiger partial charge in [0, 0.05) is 44.6 Å². The summed E-state index contributed by atoms with van der Waals surface area (Å²) in [5.41, 5.74) is 7.43. The molecular formula is C12H22N4. The Bertz CT molecular complexity index is 299. The highest BCUT2D eigenvalue weighted by Crippen LogP contribution is 2.24. The Morgan fingerprint density at radius 3 is 2.50 bits per heavy atom. The molecule has 1 aromatic rings. The molecule has 90 valence electrons. The van der Waals surface area contributed by atoms with Crippen molar-refractivity contribution in [2.45, 2.75) is 19.0 Å². The summed E-state index contributed by atoms with van der Waals surface area (Å²) < 4.78 is 0. The zero-order valence-electron chi connectivity index (χ0n) is 10.2. The standard InChI is InChI=1S/C12H22N4/c1-10(13)12(11-3-4-14-9-11)16-7-5-15(2)6-8-16/h3-4,9-10,12,14H,5-8,13H2,1-2H3. The van der Waals surface area contributed by atoms with E-state index in [4.69, 9.17) is 5.73 Å². The summed E-state index contributed by atoms with van der Waals surface area (Å²) >= 11 is 0. The second kappa shape index (κ2) is 4.99. The van der Waals surface area contributed by atoms with Crippen molar-refractivity contribution >= 4 is 0 Å². The SMILES string of the molecule is CC(N)C(c1cc[nH]c1)N1CCN(C)CC1. The number of nitrogens with two attached hydrogens (primary N) is 1. The van der Waals surface area contributed by atoms with E-state index in [9.17, 15) is 0 Å². The molecule has 0 bridgehead atoms. The molecule has 0 radical (unpaired) electrons. The first-order valence-corrected chi connectivity index (χ1v) is 5.99. The number of hydrogen-bond acceptors (Lipinski definition) is 3. The lowest BCUT2D eigenvalue weighted by molar-refractivity contribution is 0.101. The third-order valence-electron chi connectivity index (χ3n) is 3.39. The molecular weight excluding hydrogens is 200 g/mol. The van der Waals surface area contributed by atoms with Crippen LogP contribution in [0.15, 0.2) is 18.5 Å². The van der Waals surface area contributed by atoms with Crippen molar-refractivity contribution in [1.29, 1.82) is 0 Å². The van der Waals surface area contributed by atoms with E-state index in [1.54, 1.807) is 0 Å². The minimum Gasteiger partial charge on any atom is -0.367 e. The van der Waals surface area contributed by atoms with Gasteiger partial charge in [0.25, 0.3) is 0 Å². The van der Waals surface area contributed by atoms with Crippen molar-refractivity contribution in [2.75, 3.05) is 33.2 Å². The molecule has 0 aliphatic carbocycles. The van der Waals surface area contributed by atoms with E-state index in [0.717, 1.165) is 26.2 Å². The van der Waals surface area contributed by atoms with Crippen LogP contribution < -0.4 is 5.73 Å². The van der Waals surface area contributed by atoms with Crippen molar-refractivity contribution in [2.24, 2.45) is 5.73 Å². The number of hydrogen-bond donors (Lipinski definition) is 2. The van der Waals surface area contributed by atoms with E-state index < -0.39 is 0 Å². The molecule has 4 nitrogen and oxygen atoms in total. The van der Waals surface area contributed by atoms with Gasteiger partial charge in [-0.1, -0.05) is 0 Å². The number of aromatic amines is 1. The molecule has 2 unspecified atom stereocenters. The molecule has 3 N–H and O–H groups in total. The number of nitrogens with one attached hydrogen (secondary N) is 1. The molecule has 4 heteroatoms. The van der Waals surface area contributed by atoms with Crippen molar-refractivity contribution in [1.82, 2.24) is 14.8 Å². The maximum absolute atomic E-state index is 6.12. The van der Waals surface area contributed by atoms with Crippen LogP contribution in [-0.2, 0) is 0 Å². The molecule has 2 atom stereocenters. The fraction of sp³-hybridized carbons (Fsp3) is 0.667. The molecule has 0 aromatic carbocycles. The lowest BCUT2D eigenvalue weighted by atomic mass is 10.0. The molecule has 2 heterocycles. The van der Waals surface area contributed by atoms with Crippen LogP contribution in [0.1, 0.15) is 18.5 Å². The molecule has 16 heavy (non-hydrogen) atoms. The molecule has 1 aliphatic heterocycles. The number of rotatable bonds is 3. The Balaban J connectivity index is 2.08. The number of likely N-dealkylation sites (N-methyl/N-ethyl adjacent to an activating group) is 1. The van der Waals surface area contributed by atoms with Gasteiger partial charge in [0.2, 0.25) is 0 Å². The normalized spacial score (nSPS) is 23.2. The summed E-state index contributed by atoms with van der Waals surface area (Å²) in [6.07, 6.45) is 4.03. The van der Waals surface area contributed by atoms with E-state index in [1.165, 1.54) is 5.56 Å². The monoisotopic (exact) mass is 222 g/mol. The fourth-order valence-electron chi connectivity index (χ4n) is 2.47. The predicted octanol–water partition coefficient (Wildman–Crippen LogP) is 0.650. The molecule has 0 saturated carbocycles. The van der Waals surface area contributed by atoms with Crippen LogP contribution in [0.5, 0.6) is 0 Å². The fourth-order valence-corrected chi connectivity index (χ4v) is 2.47. The summed E-state index contributed by atoms with van der Waals surface area (Å²) in [7, 11) is 2.18. The number of H-pyrrole nitrogens is 1. The quantitative estimate of drug-likeness (QED) is 0.789. The zero-order valence-corrected chi connectivity index (χ0v) is 10.2. The van der Waals surface area contributed by atoms with Crippen LogP contribution in [0.3, 0.4) is 0 Å².